The standard InChI is InChI=1S/C10H10O6.2C6H15NO3.2C3H4N2.2ClHO4.2Cu.2H2O/c11-9(12)5-15-7-1-2-8(4-3-7)16-6-10(13)14;2*8-4-1-7(2-5-9)3-6-10;2*1-2-5-3-4-1;2*2-1(3,4)5;;;;/h1-4H,5-6H2,(H,11,12)(H,13,14);2*8-10H,1-6H2;2*1-3H,(H,4,5);2*(H,2,3,4,5);;;2*1H2/q;;;;;;;2*+2;;/p-2. The molecule has 28 nitrogen and oxygen atoms in total. The van der Waals surface area contributed by atoms with E-state index in [1.54, 1.807) is 47.2 Å². The number of rotatable bonds is 18. The Labute approximate surface area is 368 Å². The SMILES string of the molecule is O=C([O-])COc1ccc(OCC(=O)[O-])cc1.OCCN(CCO)CCO.OCCN(CCO)CCO.[Cu+2].[Cu+2].[O-][Cl+3]([O-])([O-])[O-].[O-][Cl+3]([O-])([O-])[O-].[OH3+].[OH3+].c1c[nH]cn1.c1c[nH]cn1. The van der Waals surface area contributed by atoms with Crippen LogP contribution in [0.2, 0.25) is 0 Å². The van der Waals surface area contributed by atoms with Crippen molar-refractivity contribution in [3.63, 3.8) is 0 Å². The first-order chi connectivity index (χ1) is 26.3. The number of aliphatic hydroxyl groups excluding tert-OH is 6. The number of halogens is 2. The van der Waals surface area contributed by atoms with Gasteiger partial charge in [-0.2, -0.15) is 0 Å². The molecule has 1 aromatic carbocycles. The van der Waals surface area contributed by atoms with E-state index in [1.807, 2.05) is 0 Å². The minimum absolute atomic E-state index is 0. The number of benzene rings is 1. The Morgan fingerprint density at radius 2 is 0.750 bits per heavy atom. The molecule has 360 valence electrons. The van der Waals surface area contributed by atoms with E-state index in [0.717, 1.165) is 0 Å². The third kappa shape index (κ3) is 79.3. The largest absolute Gasteiger partial charge is 2.00 e. The third-order valence-corrected chi connectivity index (χ3v) is 4.85. The number of carbonyl (C=O) groups is 2. The average Bonchev–Trinajstić information content (AvgIpc) is 3.88. The molecule has 0 saturated carbocycles. The van der Waals surface area contributed by atoms with Gasteiger partial charge in [-0.3, -0.25) is 9.80 Å². The molecule has 0 bridgehead atoms. The predicted molar refractivity (Wildman–Crippen MR) is 170 cm³/mol. The molecule has 0 spiro atoms. The van der Waals surface area contributed by atoms with E-state index >= 15 is 0 Å². The number of hydrogen-bond acceptors (Lipinski definition) is 24. The summed E-state index contributed by atoms with van der Waals surface area (Å²) in [5.41, 5.74) is 0. The summed E-state index contributed by atoms with van der Waals surface area (Å²) in [5.74, 6) is -2.00. The fraction of sp³-hybridized carbons (Fsp3) is 0.500. The van der Waals surface area contributed by atoms with Gasteiger partial charge in [0.1, 0.15) is 24.7 Å². The summed E-state index contributed by atoms with van der Waals surface area (Å²) in [4.78, 5) is 36.6. The van der Waals surface area contributed by atoms with E-state index in [-0.39, 0.29) is 84.7 Å². The van der Waals surface area contributed by atoms with Crippen molar-refractivity contribution in [3.8, 4) is 11.5 Å². The average molecular weight is 1020 g/mol. The zero-order valence-electron chi connectivity index (χ0n) is 31.4. The van der Waals surface area contributed by atoms with Gasteiger partial charge in [0, 0.05) is 64.1 Å². The number of H-pyrrole nitrogens is 2. The van der Waals surface area contributed by atoms with Crippen molar-refractivity contribution < 1.29 is 163 Å². The van der Waals surface area contributed by atoms with E-state index < -0.39 is 45.6 Å². The Hall–Kier alpha value is -2.92. The fourth-order valence-corrected chi connectivity index (χ4v) is 2.87. The van der Waals surface area contributed by atoms with Gasteiger partial charge in [0.05, 0.1) is 64.2 Å². The van der Waals surface area contributed by atoms with Crippen LogP contribution in [0.1, 0.15) is 0 Å². The monoisotopic (exact) mass is 1020 g/mol. The molecule has 3 rings (SSSR count). The summed E-state index contributed by atoms with van der Waals surface area (Å²) in [5, 5.41) is 71.1. The fourth-order valence-electron chi connectivity index (χ4n) is 2.87. The van der Waals surface area contributed by atoms with Crippen LogP contribution in [0.4, 0.5) is 0 Å². The first kappa shape index (κ1) is 74.5. The number of carboxylic acid groups (broad SMARTS) is 2. The van der Waals surface area contributed by atoms with Crippen LogP contribution in [-0.2, 0) is 54.7 Å². The van der Waals surface area contributed by atoms with E-state index in [9.17, 15) is 19.8 Å². The van der Waals surface area contributed by atoms with Gasteiger partial charge in [-0.25, -0.2) is 47.2 Å². The summed E-state index contributed by atoms with van der Waals surface area (Å²) < 4.78 is 77.5. The van der Waals surface area contributed by atoms with Crippen LogP contribution >= 0.6 is 0 Å². The first-order valence-corrected chi connectivity index (χ1v) is 17.7. The van der Waals surface area contributed by atoms with Crippen LogP contribution in [0.3, 0.4) is 0 Å². The van der Waals surface area contributed by atoms with Gasteiger partial charge in [-0.05, 0) is 24.3 Å². The second-order valence-electron chi connectivity index (χ2n) is 9.09. The van der Waals surface area contributed by atoms with Crippen LogP contribution in [0.5, 0.6) is 11.5 Å². The Bertz CT molecular complexity index is 1060. The molecule has 0 aliphatic carbocycles. The normalized spacial score (nSPS) is 9.47. The third-order valence-electron chi connectivity index (χ3n) is 4.85. The second-order valence-corrected chi connectivity index (χ2v) is 10.6. The topological polar surface area (TPSA) is 534 Å². The predicted octanol–water partition coefficient (Wildman–Crippen LogP) is -16.1. The number of ether oxygens (including phenoxy) is 2. The summed E-state index contributed by atoms with van der Waals surface area (Å²) in [6.07, 6.45) is 10.2. The maximum Gasteiger partial charge on any atom is 2.00 e. The number of nitrogens with one attached hydrogen (secondary N) is 2. The number of aliphatic carboxylic acids is 2. The van der Waals surface area contributed by atoms with Gasteiger partial charge in [0.15, 0.2) is 0 Å². The summed E-state index contributed by atoms with van der Waals surface area (Å²) >= 11 is 0. The number of carboxylic acids is 2. The molecular weight excluding hydrogens is 970 g/mol. The van der Waals surface area contributed by atoms with Crippen molar-refractivity contribution in [2.45, 2.75) is 0 Å². The van der Waals surface area contributed by atoms with E-state index in [2.05, 4.69) is 19.9 Å². The molecule has 0 aliphatic rings. The second kappa shape index (κ2) is 52.2. The van der Waals surface area contributed by atoms with Crippen LogP contribution in [0, 0.1) is 20.5 Å². The number of hydrogen-bond donors (Lipinski definition) is 8. The van der Waals surface area contributed by atoms with Crippen LogP contribution < -0.4 is 57.0 Å². The van der Waals surface area contributed by atoms with Crippen molar-refractivity contribution in [1.82, 2.24) is 29.7 Å². The van der Waals surface area contributed by atoms with Gasteiger partial charge in [0.2, 0.25) is 0 Å². The maximum absolute atomic E-state index is 10.1. The number of aliphatic hydroxyl groups is 6. The van der Waals surface area contributed by atoms with E-state index in [0.29, 0.717) is 50.8 Å². The molecule has 3 aromatic rings. The van der Waals surface area contributed by atoms with Gasteiger partial charge in [-0.15, -0.1) is 20.5 Å². The van der Waals surface area contributed by atoms with E-state index in [4.69, 9.17) is 77.4 Å². The summed E-state index contributed by atoms with van der Waals surface area (Å²) in [6, 6.07) is 5.81. The molecule has 0 saturated heterocycles. The molecule has 0 amide bonds. The molecule has 0 atom stereocenters. The number of aromatic amines is 2. The zero-order chi connectivity index (χ0) is 43.7. The Morgan fingerprint density at radius 3 is 0.867 bits per heavy atom. The van der Waals surface area contributed by atoms with Crippen LogP contribution in [-0.4, -0.2) is 164 Å². The minimum atomic E-state index is -4.94. The Balaban J connectivity index is -0.0000000911. The smallest absolute Gasteiger partial charge is 0.546 e. The molecule has 0 fully saturated rings. The Morgan fingerprint density at radius 1 is 0.533 bits per heavy atom. The number of aromatic nitrogens is 4. The van der Waals surface area contributed by atoms with Gasteiger partial charge < -0.3 is 80.8 Å². The van der Waals surface area contributed by atoms with Crippen molar-refractivity contribution in [2.75, 3.05) is 92.1 Å². The number of nitrogens with zero attached hydrogens (tertiary/aromatic N) is 4. The molecule has 2 radical (unpaired) electrons. The van der Waals surface area contributed by atoms with Crippen molar-refractivity contribution in [3.05, 3.63) is 61.7 Å². The quantitative estimate of drug-likeness (QED) is 0.0433. The molecule has 32 heteroatoms. The van der Waals surface area contributed by atoms with Crippen LogP contribution in [0.15, 0.2) is 61.7 Å². The van der Waals surface area contributed by atoms with Gasteiger partial charge >= 0.3 is 34.1 Å². The molecular formula is C28H52Cl2Cu2N6O22+2. The van der Waals surface area contributed by atoms with Crippen molar-refractivity contribution in [2.24, 2.45) is 0 Å². The molecule has 60 heavy (non-hydrogen) atoms. The molecule has 2 heterocycles. The summed E-state index contributed by atoms with van der Waals surface area (Å²) in [6.45, 7) is 2.42. The number of carbonyl (C=O) groups excluding carboxylic acids is 2. The Kier molecular flexibility index (Phi) is 64.9. The van der Waals surface area contributed by atoms with Crippen LogP contribution in [0.25, 0.3) is 0 Å². The molecule has 0 unspecified atom stereocenters. The zero-order valence-corrected chi connectivity index (χ0v) is 34.8. The van der Waals surface area contributed by atoms with E-state index in [1.165, 1.54) is 24.3 Å². The van der Waals surface area contributed by atoms with Crippen molar-refractivity contribution in [1.29, 1.82) is 0 Å². The molecule has 14 N–H and O–H groups in total. The van der Waals surface area contributed by atoms with Gasteiger partial charge in [0.25, 0.3) is 0 Å². The summed E-state index contributed by atoms with van der Waals surface area (Å²) in [7, 11) is -9.89. The number of imidazole rings is 2. The van der Waals surface area contributed by atoms with Gasteiger partial charge in [-0.1, -0.05) is 0 Å². The molecule has 2 aromatic heterocycles. The maximum atomic E-state index is 10.1. The first-order valence-electron chi connectivity index (χ1n) is 15.2. The van der Waals surface area contributed by atoms with Crippen molar-refractivity contribution >= 4 is 11.9 Å². The molecule has 0 aliphatic heterocycles. The minimum Gasteiger partial charge on any atom is -0.546 e.